The van der Waals surface area contributed by atoms with Gasteiger partial charge in [-0.15, -0.1) is 0 Å². The third-order valence-corrected chi connectivity index (χ3v) is 5.77. The number of fused-ring (bicyclic) bond motifs is 3. The van der Waals surface area contributed by atoms with E-state index in [0.29, 0.717) is 11.1 Å². The maximum atomic E-state index is 14.3. The van der Waals surface area contributed by atoms with E-state index in [-0.39, 0.29) is 43.7 Å². The van der Waals surface area contributed by atoms with Gasteiger partial charge in [-0.3, -0.25) is 14.3 Å². The molecule has 1 aliphatic rings. The molecule has 0 saturated heterocycles. The Balaban J connectivity index is 1.69. The van der Waals surface area contributed by atoms with Crippen LogP contribution in [0, 0.1) is 5.82 Å². The van der Waals surface area contributed by atoms with Gasteiger partial charge in [0.25, 0.3) is 5.91 Å². The van der Waals surface area contributed by atoms with E-state index in [1.165, 1.54) is 17.9 Å². The fraction of sp³-hybridized carbons (Fsp3) is 0.261. The van der Waals surface area contributed by atoms with Crippen molar-refractivity contribution in [2.24, 2.45) is 7.05 Å². The van der Waals surface area contributed by atoms with Crippen LogP contribution in [0.3, 0.4) is 0 Å². The number of amides is 2. The number of benzene rings is 2. The summed E-state index contributed by atoms with van der Waals surface area (Å²) in [6, 6.07) is 12.0. The average Bonchev–Trinajstić information content (AvgIpc) is 3.10. The molecule has 0 atom stereocenters. The average molecular weight is 501 g/mol. The molecule has 166 valence electrons. The molecule has 0 aliphatic carbocycles. The molecule has 0 saturated carbocycles. The number of carbonyl (C=O) groups excluding carboxylic acids is 2. The van der Waals surface area contributed by atoms with Crippen LogP contribution in [0.2, 0.25) is 0 Å². The first-order chi connectivity index (χ1) is 15.3. The molecule has 2 amide bonds. The molecular formula is C23H22BrFN4O3. The molecule has 0 spiro atoms. The first-order valence-electron chi connectivity index (χ1n) is 10.1. The van der Waals surface area contributed by atoms with Crippen molar-refractivity contribution in [2.75, 3.05) is 13.1 Å². The van der Waals surface area contributed by atoms with Gasteiger partial charge in [0.1, 0.15) is 18.2 Å². The number of nitrogens with zero attached hydrogens (tertiary/aromatic N) is 3. The van der Waals surface area contributed by atoms with Crippen LogP contribution in [0.15, 0.2) is 46.9 Å². The Hall–Kier alpha value is -3.20. The monoisotopic (exact) mass is 500 g/mol. The van der Waals surface area contributed by atoms with Crippen LogP contribution in [0.1, 0.15) is 28.5 Å². The smallest absolute Gasteiger partial charge is 0.275 e. The fourth-order valence-electron chi connectivity index (χ4n) is 3.78. The van der Waals surface area contributed by atoms with E-state index in [2.05, 4.69) is 26.3 Å². The minimum absolute atomic E-state index is 0.0550. The third-order valence-electron chi connectivity index (χ3n) is 5.28. The molecule has 3 aromatic rings. The van der Waals surface area contributed by atoms with Crippen molar-refractivity contribution >= 4 is 27.7 Å². The second kappa shape index (κ2) is 9.12. The summed E-state index contributed by atoms with van der Waals surface area (Å²) >= 11 is 3.48. The van der Waals surface area contributed by atoms with E-state index >= 15 is 0 Å². The Morgan fingerprint density at radius 2 is 2.06 bits per heavy atom. The van der Waals surface area contributed by atoms with Crippen molar-refractivity contribution in [3.05, 3.63) is 69.6 Å². The van der Waals surface area contributed by atoms with E-state index in [1.807, 2.05) is 18.2 Å². The van der Waals surface area contributed by atoms with Gasteiger partial charge < -0.3 is 15.0 Å². The molecule has 0 bridgehead atoms. The number of rotatable bonds is 6. The molecule has 9 heteroatoms. The van der Waals surface area contributed by atoms with Gasteiger partial charge >= 0.3 is 0 Å². The van der Waals surface area contributed by atoms with Gasteiger partial charge in [-0.25, -0.2) is 4.39 Å². The van der Waals surface area contributed by atoms with Gasteiger partial charge in [0.15, 0.2) is 5.69 Å². The Morgan fingerprint density at radius 1 is 1.28 bits per heavy atom. The molecule has 1 aromatic heterocycles. The molecule has 2 heterocycles. The molecule has 0 radical (unpaired) electrons. The van der Waals surface area contributed by atoms with Gasteiger partial charge in [-0.05, 0) is 24.3 Å². The summed E-state index contributed by atoms with van der Waals surface area (Å²) in [6.07, 6.45) is 0. The second-order valence-corrected chi connectivity index (χ2v) is 8.45. The highest BCUT2D eigenvalue weighted by Crippen LogP contribution is 2.40. The van der Waals surface area contributed by atoms with Gasteiger partial charge in [0.2, 0.25) is 5.91 Å². The van der Waals surface area contributed by atoms with Gasteiger partial charge in [-0.1, -0.05) is 34.1 Å². The summed E-state index contributed by atoms with van der Waals surface area (Å²) in [6.45, 7) is 2.13. The van der Waals surface area contributed by atoms with E-state index in [0.717, 1.165) is 21.5 Å². The quantitative estimate of drug-likeness (QED) is 0.560. The number of nitrogens with one attached hydrogen (secondary N) is 1. The van der Waals surface area contributed by atoms with Crippen LogP contribution in [-0.2, 0) is 25.0 Å². The van der Waals surface area contributed by atoms with E-state index in [4.69, 9.17) is 4.74 Å². The minimum atomic E-state index is -0.394. The number of hydrogen-bond acceptors (Lipinski definition) is 4. The zero-order valence-corrected chi connectivity index (χ0v) is 19.3. The largest absolute Gasteiger partial charge is 0.488 e. The fourth-order valence-corrected chi connectivity index (χ4v) is 4.14. The number of carbonyl (C=O) groups is 2. The predicted octanol–water partition coefficient (Wildman–Crippen LogP) is 3.66. The topological polar surface area (TPSA) is 76.5 Å². The van der Waals surface area contributed by atoms with E-state index in [1.54, 1.807) is 29.9 Å². The van der Waals surface area contributed by atoms with Gasteiger partial charge in [-0.2, -0.15) is 5.10 Å². The highest BCUT2D eigenvalue weighted by Gasteiger charge is 2.31. The number of ether oxygens (including phenoxy) is 1. The molecule has 32 heavy (non-hydrogen) atoms. The van der Waals surface area contributed by atoms with Crippen LogP contribution in [-0.4, -0.2) is 39.6 Å². The van der Waals surface area contributed by atoms with Crippen LogP contribution >= 0.6 is 15.9 Å². The maximum Gasteiger partial charge on any atom is 0.275 e. The lowest BCUT2D eigenvalue weighted by Crippen LogP contribution is -2.38. The minimum Gasteiger partial charge on any atom is -0.488 e. The second-order valence-electron chi connectivity index (χ2n) is 7.53. The van der Waals surface area contributed by atoms with E-state index in [9.17, 15) is 14.0 Å². The van der Waals surface area contributed by atoms with Crippen molar-refractivity contribution in [1.29, 1.82) is 0 Å². The molecule has 0 unspecified atom stereocenters. The van der Waals surface area contributed by atoms with E-state index < -0.39 is 5.82 Å². The zero-order valence-electron chi connectivity index (χ0n) is 17.7. The molecule has 1 aliphatic heterocycles. The molecular weight excluding hydrogens is 479 g/mol. The van der Waals surface area contributed by atoms with Crippen LogP contribution < -0.4 is 10.1 Å². The molecule has 0 fully saturated rings. The van der Waals surface area contributed by atoms with Crippen LogP contribution in [0.5, 0.6) is 5.75 Å². The van der Waals surface area contributed by atoms with Crippen molar-refractivity contribution in [3.63, 3.8) is 0 Å². The number of halogens is 2. The number of aromatic nitrogens is 2. The Morgan fingerprint density at radius 3 is 2.81 bits per heavy atom. The highest BCUT2D eigenvalue weighted by molar-refractivity contribution is 9.10. The summed E-state index contributed by atoms with van der Waals surface area (Å²) < 4.78 is 22.7. The Bertz CT molecular complexity index is 1190. The van der Waals surface area contributed by atoms with Crippen LogP contribution in [0.4, 0.5) is 4.39 Å². The zero-order chi connectivity index (χ0) is 22.8. The standard InChI is InChI=1S/C23H22BrFN4O3/c1-14(30)26-9-10-29(12-15-5-3-4-6-19(15)25)23(31)21-18-13-32-20-8-7-16(24)11-17(20)22(18)28(2)27-21/h3-8,11H,9-10,12-13H2,1-2H3,(H,26,30). The summed E-state index contributed by atoms with van der Waals surface area (Å²) in [5.74, 6) is -0.224. The SMILES string of the molecule is CC(=O)NCCN(Cc1ccccc1F)C(=O)c1nn(C)c2c1COc1ccc(Br)cc1-2. The Kier molecular flexibility index (Phi) is 6.27. The molecule has 2 aromatic carbocycles. The van der Waals surface area contributed by atoms with Crippen molar-refractivity contribution in [3.8, 4) is 17.0 Å². The lowest BCUT2D eigenvalue weighted by atomic mass is 10.0. The molecule has 4 rings (SSSR count). The number of hydrogen-bond donors (Lipinski definition) is 1. The number of aryl methyl sites for hydroxylation is 1. The highest BCUT2D eigenvalue weighted by atomic mass is 79.9. The van der Waals surface area contributed by atoms with Crippen molar-refractivity contribution in [1.82, 2.24) is 20.0 Å². The molecule has 7 nitrogen and oxygen atoms in total. The first-order valence-corrected chi connectivity index (χ1v) is 10.9. The van der Waals surface area contributed by atoms with Crippen molar-refractivity contribution < 1.29 is 18.7 Å². The summed E-state index contributed by atoms with van der Waals surface area (Å²) in [5.41, 5.74) is 2.98. The maximum absolute atomic E-state index is 14.3. The lowest BCUT2D eigenvalue weighted by Gasteiger charge is -2.24. The summed E-state index contributed by atoms with van der Waals surface area (Å²) in [4.78, 5) is 26.4. The third kappa shape index (κ3) is 4.38. The summed E-state index contributed by atoms with van der Waals surface area (Å²) in [7, 11) is 1.78. The Labute approximate surface area is 193 Å². The van der Waals surface area contributed by atoms with Gasteiger partial charge in [0.05, 0.1) is 5.69 Å². The predicted molar refractivity (Wildman–Crippen MR) is 121 cm³/mol. The van der Waals surface area contributed by atoms with Crippen LogP contribution in [0.25, 0.3) is 11.3 Å². The molecule has 1 N–H and O–H groups in total. The first kappa shape index (κ1) is 22.0. The summed E-state index contributed by atoms with van der Waals surface area (Å²) in [5, 5.41) is 7.19. The normalized spacial score (nSPS) is 11.9. The van der Waals surface area contributed by atoms with Crippen molar-refractivity contribution in [2.45, 2.75) is 20.1 Å². The lowest BCUT2D eigenvalue weighted by molar-refractivity contribution is -0.119. The van der Waals surface area contributed by atoms with Gasteiger partial charge in [0, 0.05) is 54.8 Å².